The van der Waals surface area contributed by atoms with Crippen molar-refractivity contribution in [3.8, 4) is 0 Å². The minimum absolute atomic E-state index is 0.411. The Morgan fingerprint density at radius 3 is 2.89 bits per heavy atom. The quantitative estimate of drug-likeness (QED) is 0.614. The summed E-state index contributed by atoms with van der Waals surface area (Å²) in [6.45, 7) is 12.5. The van der Waals surface area contributed by atoms with Gasteiger partial charge in [-0.25, -0.2) is 0 Å². The summed E-state index contributed by atoms with van der Waals surface area (Å²) in [6, 6.07) is 0. The molecular formula is C14H27N3O. The SMILES string of the molecule is CCNC(=NCC(C)C)N1CCC2(CCOC2)C1. The molecule has 0 amide bonds. The first-order valence-electron chi connectivity index (χ1n) is 7.26. The van der Waals surface area contributed by atoms with E-state index in [2.05, 4.69) is 31.0 Å². The van der Waals surface area contributed by atoms with Gasteiger partial charge in [0.2, 0.25) is 0 Å². The Kier molecular flexibility index (Phi) is 4.49. The molecule has 0 saturated carbocycles. The van der Waals surface area contributed by atoms with Crippen LogP contribution in [0.5, 0.6) is 0 Å². The van der Waals surface area contributed by atoms with Crippen molar-refractivity contribution in [1.82, 2.24) is 10.2 Å². The van der Waals surface area contributed by atoms with Crippen LogP contribution in [0.15, 0.2) is 4.99 Å². The minimum atomic E-state index is 0.411. The highest BCUT2D eigenvalue weighted by Gasteiger charge is 2.42. The molecule has 18 heavy (non-hydrogen) atoms. The lowest BCUT2D eigenvalue weighted by molar-refractivity contribution is 0.156. The Morgan fingerprint density at radius 2 is 2.28 bits per heavy atom. The average Bonchev–Trinajstić information content (AvgIpc) is 2.96. The van der Waals surface area contributed by atoms with Gasteiger partial charge in [0, 0.05) is 38.2 Å². The third-order valence-corrected chi connectivity index (χ3v) is 3.86. The molecule has 0 aromatic heterocycles. The van der Waals surface area contributed by atoms with Gasteiger partial charge in [0.1, 0.15) is 0 Å². The number of hydrogen-bond donors (Lipinski definition) is 1. The maximum Gasteiger partial charge on any atom is 0.193 e. The van der Waals surface area contributed by atoms with E-state index in [9.17, 15) is 0 Å². The fourth-order valence-corrected chi connectivity index (χ4v) is 2.78. The summed E-state index contributed by atoms with van der Waals surface area (Å²) < 4.78 is 5.58. The molecule has 2 heterocycles. The van der Waals surface area contributed by atoms with Crippen LogP contribution in [0.3, 0.4) is 0 Å². The molecule has 4 heteroatoms. The summed E-state index contributed by atoms with van der Waals surface area (Å²) >= 11 is 0. The van der Waals surface area contributed by atoms with Crippen LogP contribution in [-0.2, 0) is 4.74 Å². The van der Waals surface area contributed by atoms with Crippen molar-refractivity contribution in [3.63, 3.8) is 0 Å². The van der Waals surface area contributed by atoms with Crippen molar-refractivity contribution in [2.75, 3.05) is 39.4 Å². The normalized spacial score (nSPS) is 28.7. The van der Waals surface area contributed by atoms with Crippen molar-refractivity contribution in [2.45, 2.75) is 33.6 Å². The first kappa shape index (κ1) is 13.7. The Bertz CT molecular complexity index is 295. The average molecular weight is 253 g/mol. The summed E-state index contributed by atoms with van der Waals surface area (Å²) in [4.78, 5) is 7.16. The van der Waals surface area contributed by atoms with Crippen LogP contribution in [-0.4, -0.2) is 50.3 Å². The smallest absolute Gasteiger partial charge is 0.193 e. The zero-order valence-electron chi connectivity index (χ0n) is 12.0. The topological polar surface area (TPSA) is 36.9 Å². The Morgan fingerprint density at radius 1 is 1.44 bits per heavy atom. The van der Waals surface area contributed by atoms with Crippen LogP contribution in [0, 0.1) is 11.3 Å². The molecule has 1 atom stereocenters. The second kappa shape index (κ2) is 5.91. The second-order valence-corrected chi connectivity index (χ2v) is 6.06. The summed E-state index contributed by atoms with van der Waals surface area (Å²) in [5.41, 5.74) is 0.411. The fraction of sp³-hybridized carbons (Fsp3) is 0.929. The van der Waals surface area contributed by atoms with E-state index in [1.807, 2.05) is 0 Å². The van der Waals surface area contributed by atoms with Gasteiger partial charge in [-0.3, -0.25) is 4.99 Å². The molecule has 0 radical (unpaired) electrons. The van der Waals surface area contributed by atoms with Crippen molar-refractivity contribution < 1.29 is 4.74 Å². The van der Waals surface area contributed by atoms with Crippen LogP contribution < -0.4 is 5.32 Å². The number of ether oxygens (including phenoxy) is 1. The van der Waals surface area contributed by atoms with Gasteiger partial charge in [0.25, 0.3) is 0 Å². The standard InChI is InChI=1S/C14H27N3O/c1-4-15-13(16-9-12(2)3)17-7-5-14(10-17)6-8-18-11-14/h12H,4-11H2,1-3H3,(H,15,16). The van der Waals surface area contributed by atoms with E-state index >= 15 is 0 Å². The summed E-state index contributed by atoms with van der Waals surface area (Å²) in [5.74, 6) is 1.71. The van der Waals surface area contributed by atoms with E-state index in [1.165, 1.54) is 12.8 Å². The van der Waals surface area contributed by atoms with E-state index in [0.717, 1.165) is 45.4 Å². The number of guanidine groups is 1. The van der Waals surface area contributed by atoms with E-state index in [4.69, 9.17) is 9.73 Å². The van der Waals surface area contributed by atoms with Crippen LogP contribution in [0.25, 0.3) is 0 Å². The van der Waals surface area contributed by atoms with Gasteiger partial charge in [-0.15, -0.1) is 0 Å². The van der Waals surface area contributed by atoms with Gasteiger partial charge in [-0.2, -0.15) is 0 Å². The molecule has 2 fully saturated rings. The molecule has 0 aromatic rings. The largest absolute Gasteiger partial charge is 0.381 e. The fourth-order valence-electron chi connectivity index (χ4n) is 2.78. The molecule has 104 valence electrons. The number of likely N-dealkylation sites (tertiary alicyclic amines) is 1. The maximum absolute atomic E-state index is 5.58. The van der Waals surface area contributed by atoms with Crippen LogP contribution in [0.4, 0.5) is 0 Å². The molecule has 4 nitrogen and oxygen atoms in total. The third-order valence-electron chi connectivity index (χ3n) is 3.86. The van der Waals surface area contributed by atoms with E-state index in [1.54, 1.807) is 0 Å². The van der Waals surface area contributed by atoms with Crippen molar-refractivity contribution in [2.24, 2.45) is 16.3 Å². The zero-order chi connectivity index (χ0) is 13.0. The number of hydrogen-bond acceptors (Lipinski definition) is 2. The molecule has 1 unspecified atom stereocenters. The molecule has 0 aliphatic carbocycles. The predicted molar refractivity (Wildman–Crippen MR) is 74.9 cm³/mol. The van der Waals surface area contributed by atoms with E-state index in [-0.39, 0.29) is 0 Å². The Hall–Kier alpha value is -0.770. The molecule has 2 rings (SSSR count). The van der Waals surface area contributed by atoms with Crippen molar-refractivity contribution in [1.29, 1.82) is 0 Å². The van der Waals surface area contributed by atoms with Gasteiger partial charge in [-0.1, -0.05) is 13.8 Å². The van der Waals surface area contributed by atoms with Gasteiger partial charge < -0.3 is 15.0 Å². The molecule has 0 bridgehead atoms. The first-order valence-corrected chi connectivity index (χ1v) is 7.26. The van der Waals surface area contributed by atoms with E-state index < -0.39 is 0 Å². The van der Waals surface area contributed by atoms with Crippen molar-refractivity contribution in [3.05, 3.63) is 0 Å². The monoisotopic (exact) mass is 253 g/mol. The molecule has 2 aliphatic heterocycles. The zero-order valence-corrected chi connectivity index (χ0v) is 12.0. The summed E-state index contributed by atoms with van der Waals surface area (Å²) in [7, 11) is 0. The lowest BCUT2D eigenvalue weighted by Crippen LogP contribution is -2.41. The van der Waals surface area contributed by atoms with Gasteiger partial charge in [-0.05, 0) is 25.7 Å². The highest BCUT2D eigenvalue weighted by molar-refractivity contribution is 5.80. The summed E-state index contributed by atoms with van der Waals surface area (Å²) in [6.07, 6.45) is 2.46. The minimum Gasteiger partial charge on any atom is -0.381 e. The lowest BCUT2D eigenvalue weighted by Gasteiger charge is -2.25. The highest BCUT2D eigenvalue weighted by atomic mass is 16.5. The summed E-state index contributed by atoms with van der Waals surface area (Å²) in [5, 5.41) is 3.42. The number of nitrogens with one attached hydrogen (secondary N) is 1. The van der Waals surface area contributed by atoms with Gasteiger partial charge >= 0.3 is 0 Å². The molecule has 2 aliphatic rings. The van der Waals surface area contributed by atoms with Gasteiger partial charge in [0.15, 0.2) is 5.96 Å². The number of aliphatic imine (C=N–C) groups is 1. The molecular weight excluding hydrogens is 226 g/mol. The maximum atomic E-state index is 5.58. The first-order chi connectivity index (χ1) is 8.65. The van der Waals surface area contributed by atoms with E-state index in [0.29, 0.717) is 11.3 Å². The lowest BCUT2D eigenvalue weighted by atomic mass is 9.87. The third kappa shape index (κ3) is 3.16. The molecule has 1 spiro atoms. The second-order valence-electron chi connectivity index (χ2n) is 6.06. The van der Waals surface area contributed by atoms with Crippen LogP contribution in [0.1, 0.15) is 33.6 Å². The molecule has 0 aromatic carbocycles. The molecule has 2 saturated heterocycles. The number of nitrogens with zero attached hydrogens (tertiary/aromatic N) is 2. The molecule has 1 N–H and O–H groups in total. The Labute approximate surface area is 111 Å². The van der Waals surface area contributed by atoms with Crippen molar-refractivity contribution >= 4 is 5.96 Å². The number of rotatable bonds is 3. The van der Waals surface area contributed by atoms with Crippen LogP contribution in [0.2, 0.25) is 0 Å². The van der Waals surface area contributed by atoms with Gasteiger partial charge in [0.05, 0.1) is 6.61 Å². The highest BCUT2D eigenvalue weighted by Crippen LogP contribution is 2.38. The predicted octanol–water partition coefficient (Wildman–Crippen LogP) is 1.72. The Balaban J connectivity index is 1.97. The van der Waals surface area contributed by atoms with Crippen LogP contribution >= 0.6 is 0 Å².